The van der Waals surface area contributed by atoms with Gasteiger partial charge in [0.15, 0.2) is 5.78 Å². The van der Waals surface area contributed by atoms with E-state index < -0.39 is 0 Å². The number of fused-ring (bicyclic) bond motifs is 1. The maximum absolute atomic E-state index is 13.0. The average Bonchev–Trinajstić information content (AvgIpc) is 2.35. The summed E-state index contributed by atoms with van der Waals surface area (Å²) >= 11 is 0. The van der Waals surface area contributed by atoms with Gasteiger partial charge in [0.2, 0.25) is 0 Å². The van der Waals surface area contributed by atoms with Crippen molar-refractivity contribution in [1.82, 2.24) is 0 Å². The van der Waals surface area contributed by atoms with Crippen molar-refractivity contribution < 1.29 is 9.18 Å². The summed E-state index contributed by atoms with van der Waals surface area (Å²) < 4.78 is 13.0. The van der Waals surface area contributed by atoms with Gasteiger partial charge in [0.25, 0.3) is 0 Å². The summed E-state index contributed by atoms with van der Waals surface area (Å²) in [6.45, 7) is 1.72. The molecule has 0 amide bonds. The van der Waals surface area contributed by atoms with Gasteiger partial charge in [0, 0.05) is 12.0 Å². The normalized spacial score (nSPS) is 15.0. The minimum Gasteiger partial charge on any atom is -0.294 e. The maximum Gasteiger partial charge on any atom is 0.163 e. The predicted molar refractivity (Wildman–Crippen MR) is 43.8 cm³/mol. The average molecular weight is 164 g/mol. The second kappa shape index (κ2) is 2.41. The molecule has 0 fully saturated rings. The second-order valence-electron chi connectivity index (χ2n) is 3.18. The first kappa shape index (κ1) is 7.47. The monoisotopic (exact) mass is 164 g/mol. The van der Waals surface area contributed by atoms with Gasteiger partial charge in [-0.05, 0) is 30.5 Å². The van der Waals surface area contributed by atoms with Crippen molar-refractivity contribution in [3.05, 3.63) is 34.6 Å². The fourth-order valence-corrected chi connectivity index (χ4v) is 1.59. The van der Waals surface area contributed by atoms with Gasteiger partial charge in [-0.3, -0.25) is 4.79 Å². The van der Waals surface area contributed by atoms with Crippen LogP contribution in [0.3, 0.4) is 0 Å². The van der Waals surface area contributed by atoms with Gasteiger partial charge < -0.3 is 0 Å². The molecule has 1 aliphatic carbocycles. The van der Waals surface area contributed by atoms with E-state index in [1.165, 1.54) is 6.07 Å². The molecule has 0 bridgehead atoms. The molecule has 1 aliphatic rings. The molecule has 0 saturated heterocycles. The van der Waals surface area contributed by atoms with Gasteiger partial charge in [-0.2, -0.15) is 0 Å². The summed E-state index contributed by atoms with van der Waals surface area (Å²) in [6.07, 6.45) is 1.31. The van der Waals surface area contributed by atoms with Crippen molar-refractivity contribution in [2.24, 2.45) is 0 Å². The minimum absolute atomic E-state index is 0.0731. The molecule has 0 saturated carbocycles. The zero-order valence-electron chi connectivity index (χ0n) is 6.86. The van der Waals surface area contributed by atoms with Crippen LogP contribution in [0.5, 0.6) is 0 Å². The number of Topliss-reactive ketones (excluding diaryl/α,β-unsaturated/α-hetero) is 1. The lowest BCUT2D eigenvalue weighted by atomic mass is 10.1. The molecule has 1 aromatic carbocycles. The van der Waals surface area contributed by atoms with Crippen molar-refractivity contribution in [3.8, 4) is 0 Å². The standard InChI is InChI=1S/C10H9FO/c1-6-4-7-2-3-10(12)8(7)5-9(6)11/h4-5H,2-3H2,1H3. The fourth-order valence-electron chi connectivity index (χ4n) is 1.59. The highest BCUT2D eigenvalue weighted by atomic mass is 19.1. The number of carbonyl (C=O) groups is 1. The van der Waals surface area contributed by atoms with E-state index in [9.17, 15) is 9.18 Å². The minimum atomic E-state index is -0.274. The number of halogens is 1. The lowest BCUT2D eigenvalue weighted by molar-refractivity contribution is 0.0994. The van der Waals surface area contributed by atoms with Crippen LogP contribution < -0.4 is 0 Å². The highest BCUT2D eigenvalue weighted by molar-refractivity contribution is 6.00. The third kappa shape index (κ3) is 0.951. The summed E-state index contributed by atoms with van der Waals surface area (Å²) in [5.74, 6) is -0.201. The predicted octanol–water partition coefficient (Wildman–Crippen LogP) is 2.26. The van der Waals surface area contributed by atoms with Crippen LogP contribution in [0.4, 0.5) is 4.39 Å². The van der Waals surface area contributed by atoms with Crippen molar-refractivity contribution >= 4 is 5.78 Å². The SMILES string of the molecule is Cc1cc2c(cc1F)C(=O)CC2. The van der Waals surface area contributed by atoms with Crippen molar-refractivity contribution in [3.63, 3.8) is 0 Å². The fraction of sp³-hybridized carbons (Fsp3) is 0.300. The molecule has 0 heterocycles. The number of hydrogen-bond acceptors (Lipinski definition) is 1. The van der Waals surface area contributed by atoms with Gasteiger partial charge in [-0.15, -0.1) is 0 Å². The Labute approximate surface area is 70.2 Å². The van der Waals surface area contributed by atoms with Gasteiger partial charge in [-0.25, -0.2) is 4.39 Å². The third-order valence-electron chi connectivity index (χ3n) is 2.31. The molecule has 1 aromatic rings. The van der Waals surface area contributed by atoms with Crippen LogP contribution in [0.15, 0.2) is 12.1 Å². The molecule has 2 heteroatoms. The molecule has 0 aromatic heterocycles. The van der Waals surface area contributed by atoms with E-state index in [0.717, 1.165) is 12.0 Å². The van der Waals surface area contributed by atoms with E-state index >= 15 is 0 Å². The van der Waals surface area contributed by atoms with Crippen LogP contribution in [-0.2, 0) is 6.42 Å². The largest absolute Gasteiger partial charge is 0.294 e. The van der Waals surface area contributed by atoms with E-state index in [1.807, 2.05) is 0 Å². The van der Waals surface area contributed by atoms with E-state index in [0.29, 0.717) is 17.5 Å². The lowest BCUT2D eigenvalue weighted by Crippen LogP contribution is -1.93. The van der Waals surface area contributed by atoms with Gasteiger partial charge in [-0.1, -0.05) is 6.07 Å². The maximum atomic E-state index is 13.0. The zero-order valence-corrected chi connectivity index (χ0v) is 6.86. The number of benzene rings is 1. The van der Waals surface area contributed by atoms with Crippen LogP contribution in [-0.4, -0.2) is 5.78 Å². The Kier molecular flexibility index (Phi) is 1.50. The third-order valence-corrected chi connectivity index (χ3v) is 2.31. The molecule has 1 nitrogen and oxygen atoms in total. The van der Waals surface area contributed by atoms with Crippen LogP contribution in [0, 0.1) is 12.7 Å². The van der Waals surface area contributed by atoms with Crippen LogP contribution in [0.1, 0.15) is 27.9 Å². The summed E-state index contributed by atoms with van der Waals surface area (Å²) in [5.41, 5.74) is 2.21. The Morgan fingerprint density at radius 2 is 2.08 bits per heavy atom. The molecular weight excluding hydrogens is 155 g/mol. The number of rotatable bonds is 0. The molecule has 0 aliphatic heterocycles. The molecule has 0 radical (unpaired) electrons. The smallest absolute Gasteiger partial charge is 0.163 e. The summed E-state index contributed by atoms with van der Waals surface area (Å²) in [4.78, 5) is 11.2. The lowest BCUT2D eigenvalue weighted by Gasteiger charge is -2.00. The molecular formula is C10H9FO. The summed E-state index contributed by atoms with van der Waals surface area (Å²) in [5, 5.41) is 0. The van der Waals surface area contributed by atoms with E-state index in [4.69, 9.17) is 0 Å². The molecule has 0 spiro atoms. The molecule has 12 heavy (non-hydrogen) atoms. The number of hydrogen-bond donors (Lipinski definition) is 0. The number of carbonyl (C=O) groups excluding carboxylic acids is 1. The summed E-state index contributed by atoms with van der Waals surface area (Å²) in [7, 11) is 0. The highest BCUT2D eigenvalue weighted by Gasteiger charge is 2.20. The van der Waals surface area contributed by atoms with Crippen molar-refractivity contribution in [1.29, 1.82) is 0 Å². The van der Waals surface area contributed by atoms with Crippen LogP contribution >= 0.6 is 0 Å². The van der Waals surface area contributed by atoms with Crippen LogP contribution in [0.2, 0.25) is 0 Å². The van der Waals surface area contributed by atoms with E-state index in [2.05, 4.69) is 0 Å². The number of ketones is 1. The molecule has 0 unspecified atom stereocenters. The first-order chi connectivity index (χ1) is 5.68. The molecule has 0 atom stereocenters. The van der Waals surface area contributed by atoms with Crippen molar-refractivity contribution in [2.45, 2.75) is 19.8 Å². The Morgan fingerprint density at radius 1 is 1.33 bits per heavy atom. The van der Waals surface area contributed by atoms with Crippen molar-refractivity contribution in [2.75, 3.05) is 0 Å². The second-order valence-corrected chi connectivity index (χ2v) is 3.18. The topological polar surface area (TPSA) is 17.1 Å². The first-order valence-electron chi connectivity index (χ1n) is 4.00. The first-order valence-corrected chi connectivity index (χ1v) is 4.00. The van der Waals surface area contributed by atoms with Gasteiger partial charge >= 0.3 is 0 Å². The highest BCUT2D eigenvalue weighted by Crippen LogP contribution is 2.24. The molecule has 0 N–H and O–H groups in total. The molecule has 62 valence electrons. The quantitative estimate of drug-likeness (QED) is 0.574. The molecule has 2 rings (SSSR count). The van der Waals surface area contributed by atoms with Gasteiger partial charge in [0.1, 0.15) is 5.82 Å². The Hall–Kier alpha value is -1.18. The van der Waals surface area contributed by atoms with E-state index in [-0.39, 0.29) is 11.6 Å². The Bertz CT molecular complexity index is 355. The van der Waals surface area contributed by atoms with E-state index in [1.54, 1.807) is 13.0 Å². The zero-order chi connectivity index (χ0) is 8.72. The van der Waals surface area contributed by atoms with Gasteiger partial charge in [0.05, 0.1) is 0 Å². The number of aryl methyl sites for hydroxylation is 2. The summed E-state index contributed by atoms with van der Waals surface area (Å²) in [6, 6.07) is 3.13. The Morgan fingerprint density at radius 3 is 2.83 bits per heavy atom. The van der Waals surface area contributed by atoms with Crippen LogP contribution in [0.25, 0.3) is 0 Å². The Balaban J connectivity index is 2.63.